The molecule has 1 aromatic heterocycles. The smallest absolute Gasteiger partial charge is 0.422 e. The monoisotopic (exact) mass is 506 g/mol. The van der Waals surface area contributed by atoms with Crippen molar-refractivity contribution in [3.05, 3.63) is 35.9 Å². The first-order chi connectivity index (χ1) is 16.0. The van der Waals surface area contributed by atoms with Crippen molar-refractivity contribution in [2.24, 2.45) is 0 Å². The molecule has 0 saturated carbocycles. The zero-order valence-corrected chi connectivity index (χ0v) is 18.1. The average molecular weight is 506 g/mol. The van der Waals surface area contributed by atoms with Gasteiger partial charge in [0.05, 0.1) is 32.0 Å². The van der Waals surface area contributed by atoms with E-state index in [1.54, 1.807) is 4.72 Å². The Balaban J connectivity index is 1.74. The zero-order valence-electron chi connectivity index (χ0n) is 17.3. The Morgan fingerprint density at radius 3 is 2.47 bits per heavy atom. The minimum Gasteiger partial charge on any atom is -0.481 e. The lowest BCUT2D eigenvalue weighted by molar-refractivity contribution is -0.154. The molecule has 34 heavy (non-hydrogen) atoms. The summed E-state index contributed by atoms with van der Waals surface area (Å²) in [5.74, 6) is -2.40. The number of carbonyl (C=O) groups excluding carboxylic acids is 2. The number of carbonyl (C=O) groups is 2. The van der Waals surface area contributed by atoms with Gasteiger partial charge in [-0.2, -0.15) is 23.1 Å². The molecule has 184 valence electrons. The van der Waals surface area contributed by atoms with E-state index in [1.807, 2.05) is 5.32 Å². The van der Waals surface area contributed by atoms with Crippen molar-refractivity contribution in [2.75, 3.05) is 32.2 Å². The summed E-state index contributed by atoms with van der Waals surface area (Å²) in [4.78, 5) is 31.3. The van der Waals surface area contributed by atoms with Crippen LogP contribution in [0, 0.1) is 0 Å². The molecule has 0 radical (unpaired) electrons. The molecule has 3 rings (SSSR count). The van der Waals surface area contributed by atoms with Crippen LogP contribution < -0.4 is 19.5 Å². The van der Waals surface area contributed by atoms with E-state index in [-0.39, 0.29) is 24.7 Å². The highest BCUT2D eigenvalue weighted by Crippen LogP contribution is 2.22. The first-order valence-electron chi connectivity index (χ1n) is 9.31. The summed E-state index contributed by atoms with van der Waals surface area (Å²) in [6.07, 6.45) is -5.17. The molecular formula is C18H17F3N4O8S. The molecule has 0 aliphatic carbocycles. The highest BCUT2D eigenvalue weighted by Gasteiger charge is 2.30. The number of urea groups is 1. The number of ether oxygens (including phenoxy) is 4. The van der Waals surface area contributed by atoms with Crippen LogP contribution in [0.3, 0.4) is 0 Å². The van der Waals surface area contributed by atoms with Gasteiger partial charge in [0.15, 0.2) is 6.61 Å². The van der Waals surface area contributed by atoms with Gasteiger partial charge in [0.2, 0.25) is 17.7 Å². The molecule has 1 saturated heterocycles. The van der Waals surface area contributed by atoms with Gasteiger partial charge in [-0.15, -0.1) is 0 Å². The molecule has 2 heterocycles. The molecule has 2 amide bonds. The molecule has 0 atom stereocenters. The van der Waals surface area contributed by atoms with Crippen molar-refractivity contribution in [1.82, 2.24) is 14.7 Å². The summed E-state index contributed by atoms with van der Waals surface area (Å²) >= 11 is 0. The molecule has 2 aromatic rings. The normalized spacial score (nSPS) is 14.0. The Kier molecular flexibility index (Phi) is 7.41. The standard InChI is InChI=1S/C18H17F3N4O8S/c1-30-13-6-14(32-9-18(19,20)21)23-16(22-13)24-17(27)25-34(28,29)12-5-3-2-4-11(12)15(26)33-10-7-31-8-10/h2-6,10H,7-9H2,1H3,(H2,22,23,24,25,27). The Hall–Kier alpha value is -3.66. The Morgan fingerprint density at radius 2 is 1.85 bits per heavy atom. The number of aromatic nitrogens is 2. The number of nitrogens with zero attached hydrogens (tertiary/aromatic N) is 2. The number of hydrogen-bond donors (Lipinski definition) is 2. The Bertz CT molecular complexity index is 1170. The fourth-order valence-electron chi connectivity index (χ4n) is 2.46. The van der Waals surface area contributed by atoms with Gasteiger partial charge in [-0.1, -0.05) is 12.1 Å². The van der Waals surface area contributed by atoms with Gasteiger partial charge in [0, 0.05) is 0 Å². The topological polar surface area (TPSA) is 155 Å². The Labute approximate surface area is 190 Å². The number of benzene rings is 1. The lowest BCUT2D eigenvalue weighted by Gasteiger charge is -2.25. The third-order valence-corrected chi connectivity index (χ3v) is 5.39. The van der Waals surface area contributed by atoms with Gasteiger partial charge >= 0.3 is 18.2 Å². The van der Waals surface area contributed by atoms with E-state index < -0.39 is 57.6 Å². The van der Waals surface area contributed by atoms with Gasteiger partial charge < -0.3 is 18.9 Å². The van der Waals surface area contributed by atoms with Crippen LogP contribution >= 0.6 is 0 Å². The van der Waals surface area contributed by atoms with E-state index >= 15 is 0 Å². The second-order valence-electron chi connectivity index (χ2n) is 6.60. The second kappa shape index (κ2) is 10.1. The second-order valence-corrected chi connectivity index (χ2v) is 8.25. The lowest BCUT2D eigenvalue weighted by atomic mass is 10.2. The number of methoxy groups -OCH3 is 1. The molecular weight excluding hydrogens is 489 g/mol. The van der Waals surface area contributed by atoms with Crippen LogP contribution in [0.2, 0.25) is 0 Å². The number of rotatable bonds is 8. The van der Waals surface area contributed by atoms with Crippen molar-refractivity contribution >= 4 is 28.0 Å². The van der Waals surface area contributed by atoms with Crippen LogP contribution in [0.25, 0.3) is 0 Å². The maximum Gasteiger partial charge on any atom is 0.422 e. The van der Waals surface area contributed by atoms with Crippen molar-refractivity contribution in [1.29, 1.82) is 0 Å². The molecule has 1 fully saturated rings. The van der Waals surface area contributed by atoms with Crippen molar-refractivity contribution in [3.8, 4) is 11.8 Å². The van der Waals surface area contributed by atoms with Crippen LogP contribution in [0.5, 0.6) is 11.8 Å². The molecule has 16 heteroatoms. The van der Waals surface area contributed by atoms with Crippen LogP contribution in [0.4, 0.5) is 23.9 Å². The first-order valence-corrected chi connectivity index (χ1v) is 10.8. The van der Waals surface area contributed by atoms with Crippen LogP contribution in [-0.2, 0) is 19.5 Å². The van der Waals surface area contributed by atoms with Crippen LogP contribution in [0.1, 0.15) is 10.4 Å². The fraction of sp³-hybridized carbons (Fsp3) is 0.333. The molecule has 1 aliphatic rings. The highest BCUT2D eigenvalue weighted by atomic mass is 32.2. The van der Waals surface area contributed by atoms with Crippen molar-refractivity contribution in [3.63, 3.8) is 0 Å². The third kappa shape index (κ3) is 6.67. The average Bonchev–Trinajstić information content (AvgIpc) is 2.73. The number of anilines is 1. The predicted octanol–water partition coefficient (Wildman–Crippen LogP) is 1.49. The number of esters is 1. The van der Waals surface area contributed by atoms with Crippen LogP contribution in [-0.4, -0.2) is 69.6 Å². The van der Waals surface area contributed by atoms with Crippen LogP contribution in [0.15, 0.2) is 35.2 Å². The molecule has 12 nitrogen and oxygen atoms in total. The molecule has 0 spiro atoms. The fourth-order valence-corrected chi connectivity index (χ4v) is 3.57. The quantitative estimate of drug-likeness (QED) is 0.503. The molecule has 1 aromatic carbocycles. The summed E-state index contributed by atoms with van der Waals surface area (Å²) in [5, 5.41) is 1.95. The predicted molar refractivity (Wildman–Crippen MR) is 106 cm³/mol. The summed E-state index contributed by atoms with van der Waals surface area (Å²) in [7, 11) is -3.45. The molecule has 2 N–H and O–H groups in total. The van der Waals surface area contributed by atoms with Crippen molar-refractivity contribution < 1.29 is 50.1 Å². The van der Waals surface area contributed by atoms with E-state index in [2.05, 4.69) is 14.7 Å². The van der Waals surface area contributed by atoms with Gasteiger partial charge in [-0.05, 0) is 12.1 Å². The van der Waals surface area contributed by atoms with E-state index in [0.717, 1.165) is 19.2 Å². The SMILES string of the molecule is COc1cc(OCC(F)(F)F)nc(NC(=O)NS(=O)(=O)c2ccccc2C(=O)OC2COC2)n1. The minimum absolute atomic E-state index is 0.177. The number of hydrogen-bond acceptors (Lipinski definition) is 10. The number of alkyl halides is 3. The number of halogens is 3. The van der Waals surface area contributed by atoms with E-state index in [4.69, 9.17) is 14.2 Å². The maximum atomic E-state index is 12.7. The molecule has 0 bridgehead atoms. The summed E-state index contributed by atoms with van der Waals surface area (Å²) < 4.78 is 83.5. The van der Waals surface area contributed by atoms with E-state index in [1.165, 1.54) is 18.2 Å². The van der Waals surface area contributed by atoms with Gasteiger partial charge in [0.1, 0.15) is 11.0 Å². The molecule has 0 unspecified atom stereocenters. The maximum absolute atomic E-state index is 12.7. The van der Waals surface area contributed by atoms with Gasteiger partial charge in [-0.3, -0.25) is 5.32 Å². The molecule has 1 aliphatic heterocycles. The summed E-state index contributed by atoms with van der Waals surface area (Å²) in [6.45, 7) is -1.32. The van der Waals surface area contributed by atoms with Gasteiger partial charge in [0.25, 0.3) is 10.0 Å². The lowest BCUT2D eigenvalue weighted by Crippen LogP contribution is -2.39. The van der Waals surface area contributed by atoms with Gasteiger partial charge in [-0.25, -0.2) is 22.7 Å². The van der Waals surface area contributed by atoms with Crippen molar-refractivity contribution in [2.45, 2.75) is 17.2 Å². The minimum atomic E-state index is -4.66. The zero-order chi connectivity index (χ0) is 24.9. The highest BCUT2D eigenvalue weighted by molar-refractivity contribution is 7.90. The Morgan fingerprint density at radius 1 is 1.18 bits per heavy atom. The third-order valence-electron chi connectivity index (χ3n) is 4.00. The van der Waals surface area contributed by atoms with E-state index in [9.17, 15) is 31.2 Å². The summed E-state index contributed by atoms with van der Waals surface area (Å²) in [6, 6.07) is 4.56. The number of amides is 2. The number of sulfonamides is 1. The summed E-state index contributed by atoms with van der Waals surface area (Å²) in [5.41, 5.74) is -0.324. The number of nitrogens with one attached hydrogen (secondary N) is 2. The van der Waals surface area contributed by atoms with E-state index in [0.29, 0.717) is 0 Å². The largest absolute Gasteiger partial charge is 0.481 e. The first kappa shape index (κ1) is 25.0.